The smallest absolute Gasteiger partial charge is 0.407 e. The molecular formula is C14H19N3O3. The molecule has 6 heteroatoms. The summed E-state index contributed by atoms with van der Waals surface area (Å²) in [5.74, 6) is 1.02. The highest BCUT2D eigenvalue weighted by Crippen LogP contribution is 2.28. The maximum atomic E-state index is 11.6. The summed E-state index contributed by atoms with van der Waals surface area (Å²) in [7, 11) is 0. The Morgan fingerprint density at radius 3 is 2.95 bits per heavy atom. The molecule has 0 bridgehead atoms. The van der Waals surface area contributed by atoms with Gasteiger partial charge >= 0.3 is 6.09 Å². The van der Waals surface area contributed by atoms with Crippen LogP contribution in [0.15, 0.2) is 18.2 Å². The minimum absolute atomic E-state index is 0.252. The van der Waals surface area contributed by atoms with Crippen LogP contribution in [0.25, 0.3) is 0 Å². The quantitative estimate of drug-likeness (QED) is 0.775. The number of rotatable bonds is 2. The van der Waals surface area contributed by atoms with Gasteiger partial charge < -0.3 is 20.1 Å². The molecule has 0 radical (unpaired) electrons. The maximum absolute atomic E-state index is 11.6. The Morgan fingerprint density at radius 1 is 1.50 bits per heavy atom. The van der Waals surface area contributed by atoms with Crippen molar-refractivity contribution in [2.75, 3.05) is 11.9 Å². The van der Waals surface area contributed by atoms with E-state index >= 15 is 0 Å². The number of alkyl carbamates (subject to hydrolysis) is 1. The van der Waals surface area contributed by atoms with Gasteiger partial charge in [0.15, 0.2) is 0 Å². The molecule has 3 N–H and O–H groups in total. The number of carbonyl (C=O) groups is 1. The Balaban J connectivity index is 1.96. The lowest BCUT2D eigenvalue weighted by Gasteiger charge is -2.21. The zero-order chi connectivity index (χ0) is 14.8. The average molecular weight is 277 g/mol. The molecule has 1 heterocycles. The second kappa shape index (κ2) is 5.40. The predicted octanol–water partition coefficient (Wildman–Crippen LogP) is 2.49. The highest BCUT2D eigenvalue weighted by Gasteiger charge is 2.17. The van der Waals surface area contributed by atoms with Crippen molar-refractivity contribution in [1.29, 1.82) is 5.41 Å². The molecule has 1 aromatic rings. The third kappa shape index (κ3) is 3.88. The van der Waals surface area contributed by atoms with Crippen molar-refractivity contribution in [2.45, 2.75) is 32.9 Å². The first-order valence-electron chi connectivity index (χ1n) is 6.40. The summed E-state index contributed by atoms with van der Waals surface area (Å²) in [6.45, 7) is 6.06. The van der Waals surface area contributed by atoms with Crippen molar-refractivity contribution in [1.82, 2.24) is 5.32 Å². The Bertz CT molecular complexity index is 535. The van der Waals surface area contributed by atoms with Crippen LogP contribution >= 0.6 is 0 Å². The Kier molecular flexibility index (Phi) is 3.83. The second-order valence-corrected chi connectivity index (χ2v) is 5.58. The van der Waals surface area contributed by atoms with E-state index < -0.39 is 11.7 Å². The molecule has 0 aromatic heterocycles. The molecule has 0 spiro atoms. The highest BCUT2D eigenvalue weighted by atomic mass is 16.6. The van der Waals surface area contributed by atoms with E-state index in [1.54, 1.807) is 0 Å². The van der Waals surface area contributed by atoms with E-state index in [-0.39, 0.29) is 6.61 Å². The number of carbonyl (C=O) groups excluding carboxylic acids is 1. The molecule has 1 amide bonds. The fourth-order valence-electron chi connectivity index (χ4n) is 1.75. The Hall–Kier alpha value is -2.24. The number of nitrogens with one attached hydrogen (secondary N) is 3. The first-order valence-corrected chi connectivity index (χ1v) is 6.40. The number of amides is 1. The van der Waals surface area contributed by atoms with Crippen LogP contribution in [0.4, 0.5) is 10.5 Å². The molecule has 0 unspecified atom stereocenters. The van der Waals surface area contributed by atoms with Gasteiger partial charge in [-0.1, -0.05) is 6.07 Å². The van der Waals surface area contributed by atoms with Crippen molar-refractivity contribution in [2.24, 2.45) is 0 Å². The van der Waals surface area contributed by atoms with Gasteiger partial charge in [0, 0.05) is 6.54 Å². The molecule has 108 valence electrons. The molecule has 1 aromatic carbocycles. The van der Waals surface area contributed by atoms with Crippen LogP contribution < -0.4 is 15.4 Å². The predicted molar refractivity (Wildman–Crippen MR) is 76.4 cm³/mol. The Morgan fingerprint density at radius 2 is 2.25 bits per heavy atom. The average Bonchev–Trinajstić information content (AvgIpc) is 2.33. The standard InChI is InChI=1S/C14H19N3O3/c1-14(2,3)20-13(18)16-7-9-4-5-11-10(6-9)17-12(15)8-19-11/h4-6H,7-8H2,1-3H3,(H2,15,17)(H,16,18). The number of anilines is 1. The van der Waals surface area contributed by atoms with Gasteiger partial charge in [-0.25, -0.2) is 4.79 Å². The van der Waals surface area contributed by atoms with Crippen molar-refractivity contribution in [3.8, 4) is 5.75 Å². The van der Waals surface area contributed by atoms with Crippen molar-refractivity contribution in [3.05, 3.63) is 23.8 Å². The van der Waals surface area contributed by atoms with Crippen molar-refractivity contribution in [3.63, 3.8) is 0 Å². The lowest BCUT2D eigenvalue weighted by atomic mass is 10.1. The summed E-state index contributed by atoms with van der Waals surface area (Å²) < 4.78 is 10.5. The van der Waals surface area contributed by atoms with Crippen LogP contribution in [0.2, 0.25) is 0 Å². The van der Waals surface area contributed by atoms with Gasteiger partial charge in [-0.05, 0) is 38.5 Å². The highest BCUT2D eigenvalue weighted by molar-refractivity contribution is 5.97. The van der Waals surface area contributed by atoms with Crippen LogP contribution in [-0.4, -0.2) is 24.1 Å². The molecular weight excluding hydrogens is 258 g/mol. The third-order valence-corrected chi connectivity index (χ3v) is 2.54. The summed E-state index contributed by atoms with van der Waals surface area (Å²) in [4.78, 5) is 11.6. The van der Waals surface area contributed by atoms with Crippen LogP contribution in [-0.2, 0) is 11.3 Å². The van der Waals surface area contributed by atoms with Crippen LogP contribution in [0.1, 0.15) is 26.3 Å². The summed E-state index contributed by atoms with van der Waals surface area (Å²) in [5, 5.41) is 13.2. The van der Waals surface area contributed by atoms with Gasteiger partial charge in [-0.2, -0.15) is 0 Å². The van der Waals surface area contributed by atoms with Gasteiger partial charge in [-0.15, -0.1) is 0 Å². The molecule has 1 aliphatic heterocycles. The molecule has 0 atom stereocenters. The van der Waals surface area contributed by atoms with E-state index in [4.69, 9.17) is 14.9 Å². The van der Waals surface area contributed by atoms with Crippen LogP contribution in [0.3, 0.4) is 0 Å². The van der Waals surface area contributed by atoms with Gasteiger partial charge in [0.2, 0.25) is 0 Å². The zero-order valence-electron chi connectivity index (χ0n) is 11.9. The summed E-state index contributed by atoms with van der Waals surface area (Å²) in [6.07, 6.45) is -0.452. The van der Waals surface area contributed by atoms with Gasteiger partial charge in [0.05, 0.1) is 5.69 Å². The fourth-order valence-corrected chi connectivity index (χ4v) is 1.75. The number of amidine groups is 1. The van der Waals surface area contributed by atoms with Gasteiger partial charge in [0.1, 0.15) is 23.8 Å². The van der Waals surface area contributed by atoms with Crippen molar-refractivity contribution < 1.29 is 14.3 Å². The third-order valence-electron chi connectivity index (χ3n) is 2.54. The van der Waals surface area contributed by atoms with E-state index in [0.29, 0.717) is 18.1 Å². The zero-order valence-corrected chi connectivity index (χ0v) is 11.9. The minimum atomic E-state index is -0.510. The van der Waals surface area contributed by atoms with Gasteiger partial charge in [-0.3, -0.25) is 5.41 Å². The number of benzene rings is 1. The number of hydrogen-bond acceptors (Lipinski definition) is 4. The van der Waals surface area contributed by atoms with E-state index in [1.165, 1.54) is 0 Å². The number of hydrogen-bond donors (Lipinski definition) is 3. The van der Waals surface area contributed by atoms with Crippen LogP contribution in [0.5, 0.6) is 5.75 Å². The lowest BCUT2D eigenvalue weighted by molar-refractivity contribution is 0.0523. The monoisotopic (exact) mass is 277 g/mol. The maximum Gasteiger partial charge on any atom is 0.407 e. The molecule has 1 aliphatic rings. The van der Waals surface area contributed by atoms with E-state index in [2.05, 4.69) is 10.6 Å². The number of fused-ring (bicyclic) bond motifs is 1. The molecule has 2 rings (SSSR count). The van der Waals surface area contributed by atoms with E-state index in [0.717, 1.165) is 11.3 Å². The largest absolute Gasteiger partial charge is 0.484 e. The first-order chi connectivity index (χ1) is 9.33. The molecule has 0 saturated carbocycles. The summed E-state index contributed by atoms with van der Waals surface area (Å²) in [6, 6.07) is 5.54. The van der Waals surface area contributed by atoms with Crippen LogP contribution in [0, 0.1) is 5.41 Å². The molecule has 20 heavy (non-hydrogen) atoms. The van der Waals surface area contributed by atoms with Crippen molar-refractivity contribution >= 4 is 17.6 Å². The topological polar surface area (TPSA) is 83.4 Å². The summed E-state index contributed by atoms with van der Waals surface area (Å²) in [5.41, 5.74) is 1.13. The molecule has 6 nitrogen and oxygen atoms in total. The molecule has 0 aliphatic carbocycles. The normalized spacial score (nSPS) is 13.8. The molecule has 0 saturated heterocycles. The SMILES string of the molecule is CC(C)(C)OC(=O)NCc1ccc2c(c1)NC(=N)CO2. The minimum Gasteiger partial charge on any atom is -0.484 e. The lowest BCUT2D eigenvalue weighted by Crippen LogP contribution is -2.32. The first kappa shape index (κ1) is 14.2. The van der Waals surface area contributed by atoms with E-state index in [9.17, 15) is 4.79 Å². The van der Waals surface area contributed by atoms with Gasteiger partial charge in [0.25, 0.3) is 0 Å². The second-order valence-electron chi connectivity index (χ2n) is 5.58. The molecule has 0 fully saturated rings. The summed E-state index contributed by atoms with van der Waals surface area (Å²) >= 11 is 0. The van der Waals surface area contributed by atoms with E-state index in [1.807, 2.05) is 39.0 Å². The Labute approximate surface area is 118 Å². The fraction of sp³-hybridized carbons (Fsp3) is 0.429. The number of ether oxygens (including phenoxy) is 2.